The van der Waals surface area contributed by atoms with Crippen LogP contribution in [-0.4, -0.2) is 30.0 Å². The number of aliphatic hydroxyl groups is 2. The molecule has 2 rings (SSSR count). The topological polar surface area (TPSA) is 58.9 Å². The van der Waals surface area contributed by atoms with Crippen LogP contribution in [0, 0.1) is 0 Å². The van der Waals surface area contributed by atoms with E-state index in [1.54, 1.807) is 6.92 Å². The molecule has 1 aliphatic rings. The molecule has 1 aliphatic heterocycles. The molecule has 1 unspecified atom stereocenters. The summed E-state index contributed by atoms with van der Waals surface area (Å²) < 4.78 is 11.2. The summed E-state index contributed by atoms with van der Waals surface area (Å²) in [5.74, 6) is 1.42. The van der Waals surface area contributed by atoms with Gasteiger partial charge < -0.3 is 19.7 Å². The third-order valence-electron chi connectivity index (χ3n) is 3.19. The van der Waals surface area contributed by atoms with Crippen molar-refractivity contribution in [2.24, 2.45) is 0 Å². The first-order chi connectivity index (χ1) is 8.63. The molecule has 0 spiro atoms. The fourth-order valence-corrected chi connectivity index (χ4v) is 2.07. The number of hydrogen-bond acceptors (Lipinski definition) is 4. The van der Waals surface area contributed by atoms with E-state index in [-0.39, 0.29) is 6.61 Å². The molecule has 100 valence electrons. The molecule has 0 saturated carbocycles. The molecular formula is C14H20O4. The normalized spacial score (nSPS) is 17.9. The van der Waals surface area contributed by atoms with Crippen LogP contribution in [0.25, 0.3) is 0 Å². The highest BCUT2D eigenvalue weighted by molar-refractivity contribution is 5.44. The van der Waals surface area contributed by atoms with Crippen LogP contribution in [0.5, 0.6) is 11.5 Å². The largest absolute Gasteiger partial charge is 0.490 e. The second kappa shape index (κ2) is 5.59. The standard InChI is InChI=1S/C14H20O4/c1-14(16,6-2-7-15)11-4-5-12-13(10-11)18-9-3-8-17-12/h4-5,10,15-16H,2-3,6-9H2,1H3. The number of aliphatic hydroxyl groups excluding tert-OH is 1. The maximum absolute atomic E-state index is 10.4. The molecule has 0 radical (unpaired) electrons. The number of ether oxygens (including phenoxy) is 2. The minimum absolute atomic E-state index is 0.0840. The van der Waals surface area contributed by atoms with E-state index >= 15 is 0 Å². The van der Waals surface area contributed by atoms with Gasteiger partial charge in [0.2, 0.25) is 0 Å². The molecule has 0 bridgehead atoms. The molecule has 0 amide bonds. The minimum Gasteiger partial charge on any atom is -0.490 e. The van der Waals surface area contributed by atoms with Crippen molar-refractivity contribution in [2.75, 3.05) is 19.8 Å². The minimum atomic E-state index is -0.951. The zero-order chi connectivity index (χ0) is 13.0. The molecule has 0 aromatic heterocycles. The highest BCUT2D eigenvalue weighted by Crippen LogP contribution is 2.35. The van der Waals surface area contributed by atoms with E-state index in [0.29, 0.717) is 31.8 Å². The number of hydrogen-bond donors (Lipinski definition) is 2. The van der Waals surface area contributed by atoms with Crippen molar-refractivity contribution >= 4 is 0 Å². The molecule has 0 aliphatic carbocycles. The quantitative estimate of drug-likeness (QED) is 0.858. The van der Waals surface area contributed by atoms with E-state index in [1.807, 2.05) is 18.2 Å². The summed E-state index contributed by atoms with van der Waals surface area (Å²) in [5, 5.41) is 19.2. The molecule has 1 heterocycles. The second-order valence-corrected chi connectivity index (χ2v) is 4.81. The van der Waals surface area contributed by atoms with Crippen molar-refractivity contribution in [2.45, 2.75) is 31.8 Å². The van der Waals surface area contributed by atoms with E-state index in [2.05, 4.69) is 0 Å². The monoisotopic (exact) mass is 252 g/mol. The molecule has 2 N–H and O–H groups in total. The third-order valence-corrected chi connectivity index (χ3v) is 3.19. The van der Waals surface area contributed by atoms with Crippen molar-refractivity contribution < 1.29 is 19.7 Å². The Kier molecular flexibility index (Phi) is 4.09. The van der Waals surface area contributed by atoms with Crippen LogP contribution in [0.3, 0.4) is 0 Å². The SMILES string of the molecule is CC(O)(CCCO)c1ccc2c(c1)OCCCO2. The van der Waals surface area contributed by atoms with E-state index in [1.165, 1.54) is 0 Å². The Morgan fingerprint density at radius 3 is 2.67 bits per heavy atom. The van der Waals surface area contributed by atoms with Gasteiger partial charge in [-0.3, -0.25) is 0 Å². The zero-order valence-electron chi connectivity index (χ0n) is 10.7. The van der Waals surface area contributed by atoms with E-state index in [4.69, 9.17) is 14.6 Å². The maximum Gasteiger partial charge on any atom is 0.161 e. The second-order valence-electron chi connectivity index (χ2n) is 4.81. The number of benzene rings is 1. The number of rotatable bonds is 4. The first-order valence-electron chi connectivity index (χ1n) is 6.37. The molecule has 4 heteroatoms. The highest BCUT2D eigenvalue weighted by Gasteiger charge is 2.24. The summed E-state index contributed by atoms with van der Waals surface area (Å²) in [4.78, 5) is 0. The summed E-state index contributed by atoms with van der Waals surface area (Å²) in [6.07, 6.45) is 1.95. The van der Waals surface area contributed by atoms with Crippen LogP contribution < -0.4 is 9.47 Å². The summed E-state index contributed by atoms with van der Waals surface area (Å²) in [6, 6.07) is 5.52. The summed E-state index contributed by atoms with van der Waals surface area (Å²) in [6.45, 7) is 3.13. The van der Waals surface area contributed by atoms with Crippen molar-refractivity contribution in [3.05, 3.63) is 23.8 Å². The molecule has 0 saturated heterocycles. The van der Waals surface area contributed by atoms with Crippen LogP contribution in [0.15, 0.2) is 18.2 Å². The Morgan fingerprint density at radius 2 is 1.94 bits per heavy atom. The zero-order valence-corrected chi connectivity index (χ0v) is 10.7. The van der Waals surface area contributed by atoms with Gasteiger partial charge in [-0.2, -0.15) is 0 Å². The van der Waals surface area contributed by atoms with E-state index in [0.717, 1.165) is 17.7 Å². The Hall–Kier alpha value is -1.26. The molecule has 1 aromatic rings. The maximum atomic E-state index is 10.4. The van der Waals surface area contributed by atoms with Crippen LogP contribution >= 0.6 is 0 Å². The Balaban J connectivity index is 2.21. The third kappa shape index (κ3) is 2.94. The fourth-order valence-electron chi connectivity index (χ4n) is 2.07. The lowest BCUT2D eigenvalue weighted by Crippen LogP contribution is -2.21. The highest BCUT2D eigenvalue weighted by atomic mass is 16.5. The molecule has 0 fully saturated rings. The molecule has 18 heavy (non-hydrogen) atoms. The Labute approximate surface area is 107 Å². The van der Waals surface area contributed by atoms with Gasteiger partial charge in [0, 0.05) is 13.0 Å². The Bertz CT molecular complexity index is 401. The number of fused-ring (bicyclic) bond motifs is 1. The summed E-state index contributed by atoms with van der Waals surface area (Å²) in [7, 11) is 0. The van der Waals surface area contributed by atoms with Gasteiger partial charge >= 0.3 is 0 Å². The van der Waals surface area contributed by atoms with E-state index < -0.39 is 5.60 Å². The van der Waals surface area contributed by atoms with Gasteiger partial charge in [-0.1, -0.05) is 6.07 Å². The predicted molar refractivity (Wildman–Crippen MR) is 67.9 cm³/mol. The van der Waals surface area contributed by atoms with E-state index in [9.17, 15) is 5.11 Å². The summed E-state index contributed by atoms with van der Waals surface area (Å²) in [5.41, 5.74) is -0.159. The van der Waals surface area contributed by atoms with Gasteiger partial charge in [-0.25, -0.2) is 0 Å². The molecule has 1 atom stereocenters. The van der Waals surface area contributed by atoms with Crippen LogP contribution in [0.4, 0.5) is 0 Å². The average molecular weight is 252 g/mol. The van der Waals surface area contributed by atoms with Crippen LogP contribution in [0.2, 0.25) is 0 Å². The lowest BCUT2D eigenvalue weighted by atomic mass is 9.91. The Morgan fingerprint density at radius 1 is 1.22 bits per heavy atom. The van der Waals surface area contributed by atoms with Gasteiger partial charge in [-0.15, -0.1) is 0 Å². The predicted octanol–water partition coefficient (Wildman–Crippen LogP) is 1.83. The van der Waals surface area contributed by atoms with Gasteiger partial charge in [-0.05, 0) is 37.5 Å². The van der Waals surface area contributed by atoms with Gasteiger partial charge in [0.1, 0.15) is 0 Å². The van der Waals surface area contributed by atoms with Gasteiger partial charge in [0.25, 0.3) is 0 Å². The van der Waals surface area contributed by atoms with Crippen LogP contribution in [0.1, 0.15) is 31.7 Å². The van der Waals surface area contributed by atoms with Crippen molar-refractivity contribution in [3.63, 3.8) is 0 Å². The average Bonchev–Trinajstić information content (AvgIpc) is 2.60. The molecule has 1 aromatic carbocycles. The van der Waals surface area contributed by atoms with Crippen LogP contribution in [-0.2, 0) is 5.60 Å². The lowest BCUT2D eigenvalue weighted by molar-refractivity contribution is 0.0400. The van der Waals surface area contributed by atoms with Gasteiger partial charge in [0.15, 0.2) is 11.5 Å². The molecular weight excluding hydrogens is 232 g/mol. The van der Waals surface area contributed by atoms with Gasteiger partial charge in [0.05, 0.1) is 18.8 Å². The van der Waals surface area contributed by atoms with Crippen molar-refractivity contribution in [1.82, 2.24) is 0 Å². The first-order valence-corrected chi connectivity index (χ1v) is 6.37. The fraction of sp³-hybridized carbons (Fsp3) is 0.571. The first kappa shape index (κ1) is 13.2. The summed E-state index contributed by atoms with van der Waals surface area (Å²) >= 11 is 0. The van der Waals surface area contributed by atoms with Crippen molar-refractivity contribution in [3.8, 4) is 11.5 Å². The smallest absolute Gasteiger partial charge is 0.161 e. The van der Waals surface area contributed by atoms with Crippen molar-refractivity contribution in [1.29, 1.82) is 0 Å². The lowest BCUT2D eigenvalue weighted by Gasteiger charge is -2.24. The molecule has 4 nitrogen and oxygen atoms in total.